The molecule has 5 nitrogen and oxygen atoms in total. The zero-order valence-corrected chi connectivity index (χ0v) is 13.5. The lowest BCUT2D eigenvalue weighted by molar-refractivity contribution is -0.115. The van der Waals surface area contributed by atoms with Gasteiger partial charge in [0.15, 0.2) is 9.84 Å². The minimum Gasteiger partial charge on any atom is -0.311 e. The van der Waals surface area contributed by atoms with Crippen LogP contribution in [0.2, 0.25) is 5.02 Å². The van der Waals surface area contributed by atoms with Crippen LogP contribution >= 0.6 is 11.6 Å². The maximum atomic E-state index is 12.1. The number of benzene rings is 1. The monoisotopic (exact) mass is 338 g/mol. The molecule has 0 aliphatic rings. The van der Waals surface area contributed by atoms with E-state index in [1.807, 2.05) is 6.92 Å². The highest BCUT2D eigenvalue weighted by atomic mass is 35.5. The van der Waals surface area contributed by atoms with Gasteiger partial charge in [0, 0.05) is 12.6 Å². The van der Waals surface area contributed by atoms with Crippen LogP contribution in [0.3, 0.4) is 0 Å². The molecule has 0 fully saturated rings. The molecule has 0 saturated heterocycles. The van der Waals surface area contributed by atoms with Crippen LogP contribution in [0, 0.1) is 6.92 Å². The van der Waals surface area contributed by atoms with Gasteiger partial charge in [-0.2, -0.15) is 0 Å². The van der Waals surface area contributed by atoms with Gasteiger partial charge in [-0.15, -0.1) is 0 Å². The molecule has 1 aromatic heterocycles. The third-order valence-electron chi connectivity index (χ3n) is 2.97. The summed E-state index contributed by atoms with van der Waals surface area (Å²) in [4.78, 5) is 15.9. The summed E-state index contributed by atoms with van der Waals surface area (Å²) < 4.78 is 24.3. The highest BCUT2D eigenvalue weighted by Gasteiger charge is 2.16. The van der Waals surface area contributed by atoms with E-state index < -0.39 is 15.7 Å². The van der Waals surface area contributed by atoms with E-state index in [1.165, 1.54) is 6.20 Å². The van der Waals surface area contributed by atoms with Crippen molar-refractivity contribution >= 4 is 33.2 Å². The van der Waals surface area contributed by atoms with Crippen LogP contribution < -0.4 is 5.32 Å². The topological polar surface area (TPSA) is 76.1 Å². The molecule has 2 aromatic rings. The lowest BCUT2D eigenvalue weighted by Gasteiger charge is -2.06. The Labute approximate surface area is 134 Å². The fraction of sp³-hybridized carbons (Fsp3) is 0.200. The van der Waals surface area contributed by atoms with E-state index in [0.29, 0.717) is 10.8 Å². The van der Waals surface area contributed by atoms with Crippen molar-refractivity contribution in [1.29, 1.82) is 0 Å². The Hall–Kier alpha value is -1.92. The Kier molecular flexibility index (Phi) is 5.15. The molecule has 0 spiro atoms. The standard InChI is InChI=1S/C15H15ClN2O3S/c1-11-2-5-13(6-3-11)22(20,21)9-8-15(19)18-14-7-4-12(16)10-17-14/h2-7,10H,8-9H2,1H3,(H,17,18,19). The van der Waals surface area contributed by atoms with Gasteiger partial charge in [0.2, 0.25) is 5.91 Å². The highest BCUT2D eigenvalue weighted by molar-refractivity contribution is 7.91. The molecule has 1 heterocycles. The van der Waals surface area contributed by atoms with Gasteiger partial charge >= 0.3 is 0 Å². The molecule has 1 N–H and O–H groups in total. The number of hydrogen-bond donors (Lipinski definition) is 1. The molecule has 0 atom stereocenters. The summed E-state index contributed by atoms with van der Waals surface area (Å²) in [6.45, 7) is 1.88. The van der Waals surface area contributed by atoms with Crippen LogP contribution in [0.4, 0.5) is 5.82 Å². The molecular formula is C15H15ClN2O3S. The molecule has 0 aliphatic heterocycles. The summed E-state index contributed by atoms with van der Waals surface area (Å²) in [7, 11) is -3.47. The van der Waals surface area contributed by atoms with Crippen molar-refractivity contribution in [3.63, 3.8) is 0 Å². The predicted molar refractivity (Wildman–Crippen MR) is 85.7 cm³/mol. The van der Waals surface area contributed by atoms with Gasteiger partial charge in [-0.3, -0.25) is 4.79 Å². The summed E-state index contributed by atoms with van der Waals surface area (Å²) in [6, 6.07) is 9.68. The number of nitrogens with zero attached hydrogens (tertiary/aromatic N) is 1. The maximum absolute atomic E-state index is 12.1. The molecule has 0 radical (unpaired) electrons. The van der Waals surface area contributed by atoms with Crippen molar-refractivity contribution in [2.45, 2.75) is 18.2 Å². The van der Waals surface area contributed by atoms with Crippen molar-refractivity contribution in [2.75, 3.05) is 11.1 Å². The average Bonchev–Trinajstić information content (AvgIpc) is 2.48. The largest absolute Gasteiger partial charge is 0.311 e. The molecule has 0 saturated carbocycles. The van der Waals surface area contributed by atoms with Crippen molar-refractivity contribution < 1.29 is 13.2 Å². The molecule has 0 unspecified atom stereocenters. The highest BCUT2D eigenvalue weighted by Crippen LogP contribution is 2.14. The van der Waals surface area contributed by atoms with E-state index in [9.17, 15) is 13.2 Å². The normalized spacial score (nSPS) is 11.2. The third kappa shape index (κ3) is 4.54. The lowest BCUT2D eigenvalue weighted by atomic mass is 10.2. The first-order chi connectivity index (χ1) is 10.4. The van der Waals surface area contributed by atoms with E-state index in [1.54, 1.807) is 36.4 Å². The van der Waals surface area contributed by atoms with Gasteiger partial charge in [-0.1, -0.05) is 29.3 Å². The first-order valence-electron chi connectivity index (χ1n) is 6.58. The molecule has 2 rings (SSSR count). The van der Waals surface area contributed by atoms with Gasteiger partial charge in [0.25, 0.3) is 0 Å². The second-order valence-electron chi connectivity index (χ2n) is 4.79. The van der Waals surface area contributed by atoms with Crippen LogP contribution in [-0.2, 0) is 14.6 Å². The van der Waals surface area contributed by atoms with E-state index in [-0.39, 0.29) is 17.1 Å². The number of carbonyl (C=O) groups excluding carboxylic acids is 1. The van der Waals surface area contributed by atoms with Crippen LogP contribution in [0.1, 0.15) is 12.0 Å². The van der Waals surface area contributed by atoms with Crippen molar-refractivity contribution in [1.82, 2.24) is 4.98 Å². The van der Waals surface area contributed by atoms with Crippen molar-refractivity contribution in [3.8, 4) is 0 Å². The summed E-state index contributed by atoms with van der Waals surface area (Å²) in [5, 5.41) is 2.99. The SMILES string of the molecule is Cc1ccc(S(=O)(=O)CCC(=O)Nc2ccc(Cl)cn2)cc1. The summed E-state index contributed by atoms with van der Waals surface area (Å²) in [5.74, 6) is -0.331. The third-order valence-corrected chi connectivity index (χ3v) is 4.93. The van der Waals surface area contributed by atoms with E-state index in [0.717, 1.165) is 5.56 Å². The molecule has 1 amide bonds. The van der Waals surface area contributed by atoms with Crippen LogP contribution in [0.15, 0.2) is 47.5 Å². The predicted octanol–water partition coefficient (Wildman–Crippen LogP) is 2.85. The van der Waals surface area contributed by atoms with Crippen LogP contribution in [-0.4, -0.2) is 25.1 Å². The van der Waals surface area contributed by atoms with Gasteiger partial charge in [-0.05, 0) is 31.2 Å². The number of rotatable bonds is 5. The Bertz CT molecular complexity index is 756. The maximum Gasteiger partial charge on any atom is 0.226 e. The Morgan fingerprint density at radius 2 is 1.86 bits per heavy atom. The van der Waals surface area contributed by atoms with E-state index in [4.69, 9.17) is 11.6 Å². The number of halogens is 1. The average molecular weight is 339 g/mol. The zero-order valence-electron chi connectivity index (χ0n) is 11.9. The number of anilines is 1. The molecule has 1 aromatic carbocycles. The second kappa shape index (κ2) is 6.89. The second-order valence-corrected chi connectivity index (χ2v) is 7.34. The Morgan fingerprint density at radius 1 is 1.18 bits per heavy atom. The number of sulfone groups is 1. The number of pyridine rings is 1. The quantitative estimate of drug-likeness (QED) is 0.909. The fourth-order valence-electron chi connectivity index (χ4n) is 1.75. The zero-order chi connectivity index (χ0) is 16.2. The van der Waals surface area contributed by atoms with Crippen LogP contribution in [0.25, 0.3) is 0 Å². The minimum atomic E-state index is -3.47. The van der Waals surface area contributed by atoms with Gasteiger partial charge < -0.3 is 5.32 Å². The molecule has 0 aliphatic carbocycles. The first kappa shape index (κ1) is 16.5. The summed E-state index contributed by atoms with van der Waals surface area (Å²) in [5.41, 5.74) is 0.977. The van der Waals surface area contributed by atoms with Gasteiger partial charge in [0.1, 0.15) is 5.82 Å². The number of aromatic nitrogens is 1. The van der Waals surface area contributed by atoms with Crippen molar-refractivity contribution in [2.24, 2.45) is 0 Å². The Balaban J connectivity index is 1.95. The lowest BCUT2D eigenvalue weighted by Crippen LogP contribution is -2.18. The summed E-state index contributed by atoms with van der Waals surface area (Å²) in [6.07, 6.45) is 1.26. The number of nitrogens with one attached hydrogen (secondary N) is 1. The minimum absolute atomic E-state index is 0.138. The molecule has 22 heavy (non-hydrogen) atoms. The summed E-state index contributed by atoms with van der Waals surface area (Å²) >= 11 is 5.69. The number of aryl methyl sites for hydroxylation is 1. The first-order valence-corrected chi connectivity index (χ1v) is 8.61. The molecule has 0 bridgehead atoms. The molecule has 116 valence electrons. The molecule has 7 heteroatoms. The van der Waals surface area contributed by atoms with Gasteiger partial charge in [-0.25, -0.2) is 13.4 Å². The molecular weight excluding hydrogens is 324 g/mol. The van der Waals surface area contributed by atoms with Crippen molar-refractivity contribution in [3.05, 3.63) is 53.2 Å². The smallest absolute Gasteiger partial charge is 0.226 e. The number of hydrogen-bond acceptors (Lipinski definition) is 4. The number of carbonyl (C=O) groups is 1. The van der Waals surface area contributed by atoms with E-state index >= 15 is 0 Å². The van der Waals surface area contributed by atoms with Crippen LogP contribution in [0.5, 0.6) is 0 Å². The van der Waals surface area contributed by atoms with Gasteiger partial charge in [0.05, 0.1) is 15.7 Å². The van der Waals surface area contributed by atoms with E-state index in [2.05, 4.69) is 10.3 Å². The number of amides is 1. The Morgan fingerprint density at radius 3 is 2.45 bits per heavy atom. The fourth-order valence-corrected chi connectivity index (χ4v) is 3.10.